The molecular formula is C30H51F2N3O8. The standard InChI is InChI=1S/C30H51F2N3O8/c1-16-14-29(5,40)24(43-27-22(36)21(34(6)7)13-17(2)41-27)18(3)23(19(4)25(37)33-28(39)35(8)15-16)42-26(38)20-9-11-30(31,32)12-10-20/h16-24,27,36,40H,9-15H2,1-8H3,(H,33,37,39)/t16-,17-,18+,19-,21+,22-,23+,24-,27+,29-/m1/s1. The number of likely N-dealkylation sites (N-methyl/N-ethyl adjacent to an activating group) is 1. The molecule has 3 rings (SSSR count). The molecule has 0 bridgehead atoms. The van der Waals surface area contributed by atoms with Crippen LogP contribution in [0.2, 0.25) is 0 Å². The zero-order valence-corrected chi connectivity index (χ0v) is 26.7. The molecule has 10 atom stereocenters. The summed E-state index contributed by atoms with van der Waals surface area (Å²) >= 11 is 0. The van der Waals surface area contributed by atoms with E-state index in [1.54, 1.807) is 13.8 Å². The van der Waals surface area contributed by atoms with Crippen molar-refractivity contribution in [1.82, 2.24) is 15.1 Å². The molecule has 0 aromatic carbocycles. The SMILES string of the molecule is C[C@H]1CN(C)C(=O)NC(=O)[C@H](C)[C@@H](OC(=O)C2CCC(F)(F)CC2)[C@H](C)[C@@H](O[C@@H]2O[C@H](C)C[C@H](N(C)C)[C@H]2O)[C@](C)(O)C1. The van der Waals surface area contributed by atoms with Crippen LogP contribution < -0.4 is 5.32 Å². The molecule has 248 valence electrons. The van der Waals surface area contributed by atoms with Gasteiger partial charge in [0, 0.05) is 38.4 Å². The highest BCUT2D eigenvalue weighted by molar-refractivity contribution is 5.95. The molecule has 0 spiro atoms. The van der Waals surface area contributed by atoms with E-state index in [-0.39, 0.29) is 43.9 Å². The van der Waals surface area contributed by atoms with Crippen molar-refractivity contribution in [3.63, 3.8) is 0 Å². The first-order chi connectivity index (χ1) is 19.8. The number of urea groups is 1. The fourth-order valence-electron chi connectivity index (χ4n) is 6.88. The highest BCUT2D eigenvalue weighted by atomic mass is 19.3. The Hall–Kier alpha value is -1.93. The number of aliphatic hydroxyl groups is 2. The molecular weight excluding hydrogens is 568 g/mol. The second-order valence-electron chi connectivity index (χ2n) is 13.6. The molecule has 1 aliphatic carbocycles. The number of carbonyl (C=O) groups excluding carboxylic acids is 3. The second-order valence-corrected chi connectivity index (χ2v) is 13.6. The van der Waals surface area contributed by atoms with E-state index in [4.69, 9.17) is 14.2 Å². The lowest BCUT2D eigenvalue weighted by molar-refractivity contribution is -0.299. The van der Waals surface area contributed by atoms with Crippen LogP contribution in [-0.2, 0) is 23.8 Å². The molecule has 2 aliphatic heterocycles. The lowest BCUT2D eigenvalue weighted by atomic mass is 9.77. The number of amides is 3. The molecule has 43 heavy (non-hydrogen) atoms. The minimum atomic E-state index is -2.84. The van der Waals surface area contributed by atoms with Crippen LogP contribution in [-0.4, -0.2) is 114 Å². The van der Waals surface area contributed by atoms with Gasteiger partial charge in [-0.2, -0.15) is 0 Å². The maximum atomic E-state index is 13.8. The van der Waals surface area contributed by atoms with Crippen LogP contribution in [0.15, 0.2) is 0 Å². The van der Waals surface area contributed by atoms with Crippen LogP contribution in [0.5, 0.6) is 0 Å². The first-order valence-electron chi connectivity index (χ1n) is 15.3. The fraction of sp³-hybridized carbons (Fsp3) is 0.900. The maximum Gasteiger partial charge on any atom is 0.323 e. The number of esters is 1. The summed E-state index contributed by atoms with van der Waals surface area (Å²) in [5.41, 5.74) is -1.59. The number of imide groups is 1. The van der Waals surface area contributed by atoms with Crippen molar-refractivity contribution in [3.8, 4) is 0 Å². The molecule has 3 amide bonds. The molecule has 0 unspecified atom stereocenters. The highest BCUT2D eigenvalue weighted by Gasteiger charge is 2.50. The summed E-state index contributed by atoms with van der Waals surface area (Å²) in [5, 5.41) is 25.6. The number of carbonyl (C=O) groups is 3. The van der Waals surface area contributed by atoms with Crippen LogP contribution in [0.1, 0.15) is 73.1 Å². The van der Waals surface area contributed by atoms with Crippen molar-refractivity contribution < 1.29 is 47.6 Å². The van der Waals surface area contributed by atoms with Crippen molar-refractivity contribution in [3.05, 3.63) is 0 Å². The summed E-state index contributed by atoms with van der Waals surface area (Å²) in [6.07, 6.45) is -5.06. The monoisotopic (exact) mass is 619 g/mol. The Morgan fingerprint density at radius 3 is 2.33 bits per heavy atom. The predicted molar refractivity (Wildman–Crippen MR) is 153 cm³/mol. The van der Waals surface area contributed by atoms with Crippen molar-refractivity contribution >= 4 is 17.9 Å². The van der Waals surface area contributed by atoms with Gasteiger partial charge in [-0.3, -0.25) is 14.9 Å². The van der Waals surface area contributed by atoms with Crippen molar-refractivity contribution in [2.75, 3.05) is 27.7 Å². The molecule has 0 radical (unpaired) electrons. The number of rotatable bonds is 5. The molecule has 3 aliphatic rings. The van der Waals surface area contributed by atoms with Gasteiger partial charge in [0.05, 0.1) is 29.6 Å². The minimum Gasteiger partial charge on any atom is -0.461 e. The first kappa shape index (κ1) is 35.5. The third-order valence-electron chi connectivity index (χ3n) is 9.30. The Morgan fingerprint density at radius 1 is 1.14 bits per heavy atom. The van der Waals surface area contributed by atoms with E-state index in [2.05, 4.69) is 5.32 Å². The first-order valence-corrected chi connectivity index (χ1v) is 15.3. The van der Waals surface area contributed by atoms with Crippen LogP contribution >= 0.6 is 0 Å². The van der Waals surface area contributed by atoms with E-state index >= 15 is 0 Å². The summed E-state index contributed by atoms with van der Waals surface area (Å²) in [5.74, 6) is -7.20. The van der Waals surface area contributed by atoms with E-state index in [9.17, 15) is 33.4 Å². The zero-order chi connectivity index (χ0) is 32.4. The molecule has 2 saturated heterocycles. The number of hydrogen-bond donors (Lipinski definition) is 3. The summed E-state index contributed by atoms with van der Waals surface area (Å²) in [6.45, 7) is 8.69. The Morgan fingerprint density at radius 2 is 1.74 bits per heavy atom. The Kier molecular flexibility index (Phi) is 11.6. The highest BCUT2D eigenvalue weighted by Crippen LogP contribution is 2.39. The number of alkyl halides is 2. The Balaban J connectivity index is 2.00. The van der Waals surface area contributed by atoms with Crippen LogP contribution in [0.4, 0.5) is 13.6 Å². The lowest BCUT2D eigenvalue weighted by Crippen LogP contribution is -2.60. The topological polar surface area (TPSA) is 138 Å². The summed E-state index contributed by atoms with van der Waals surface area (Å²) in [7, 11) is 5.22. The smallest absolute Gasteiger partial charge is 0.323 e. The van der Waals surface area contributed by atoms with Gasteiger partial charge in [-0.25, -0.2) is 13.6 Å². The number of halogens is 2. The van der Waals surface area contributed by atoms with E-state index in [1.165, 1.54) is 18.9 Å². The van der Waals surface area contributed by atoms with E-state index in [0.29, 0.717) is 6.42 Å². The second kappa shape index (κ2) is 14.0. The van der Waals surface area contributed by atoms with Crippen LogP contribution in [0.3, 0.4) is 0 Å². The average molecular weight is 620 g/mol. The normalized spacial score (nSPS) is 40.4. The molecule has 3 fully saturated rings. The van der Waals surface area contributed by atoms with Crippen molar-refractivity contribution in [2.24, 2.45) is 23.7 Å². The number of nitrogens with zero attached hydrogens (tertiary/aromatic N) is 2. The molecule has 13 heteroatoms. The number of ether oxygens (including phenoxy) is 3. The summed E-state index contributed by atoms with van der Waals surface area (Å²) < 4.78 is 46.0. The quantitative estimate of drug-likeness (QED) is 0.397. The van der Waals surface area contributed by atoms with Gasteiger partial charge >= 0.3 is 12.0 Å². The van der Waals surface area contributed by atoms with E-state index in [0.717, 1.165) is 0 Å². The third-order valence-corrected chi connectivity index (χ3v) is 9.30. The molecule has 3 N–H and O–H groups in total. The van der Waals surface area contributed by atoms with Gasteiger partial charge in [0.2, 0.25) is 11.8 Å². The lowest BCUT2D eigenvalue weighted by Gasteiger charge is -2.47. The Bertz CT molecular complexity index is 988. The largest absolute Gasteiger partial charge is 0.461 e. The molecule has 0 aromatic heterocycles. The predicted octanol–water partition coefficient (Wildman–Crippen LogP) is 2.77. The van der Waals surface area contributed by atoms with Gasteiger partial charge in [-0.15, -0.1) is 0 Å². The average Bonchev–Trinajstić information content (AvgIpc) is 2.89. The molecule has 0 aromatic rings. The Labute approximate surface area is 253 Å². The van der Waals surface area contributed by atoms with Gasteiger partial charge in [0.15, 0.2) is 6.29 Å². The number of aliphatic hydroxyl groups excluding tert-OH is 1. The van der Waals surface area contributed by atoms with E-state index in [1.807, 2.05) is 32.8 Å². The number of hydrogen-bond acceptors (Lipinski definition) is 9. The minimum absolute atomic E-state index is 0.0577. The van der Waals surface area contributed by atoms with Gasteiger partial charge in [0.1, 0.15) is 12.2 Å². The van der Waals surface area contributed by atoms with Crippen LogP contribution in [0.25, 0.3) is 0 Å². The molecule has 1 saturated carbocycles. The molecule has 2 heterocycles. The van der Waals surface area contributed by atoms with Gasteiger partial charge in [-0.05, 0) is 59.5 Å². The van der Waals surface area contributed by atoms with Crippen molar-refractivity contribution in [2.45, 2.75) is 121 Å². The molecule has 11 nitrogen and oxygen atoms in total. The summed E-state index contributed by atoms with van der Waals surface area (Å²) in [4.78, 5) is 42.6. The van der Waals surface area contributed by atoms with Gasteiger partial charge in [-0.1, -0.05) is 20.8 Å². The zero-order valence-electron chi connectivity index (χ0n) is 26.7. The number of nitrogens with one attached hydrogen (secondary N) is 1. The third kappa shape index (κ3) is 8.84. The summed E-state index contributed by atoms with van der Waals surface area (Å²) in [6, 6.07) is -0.923. The van der Waals surface area contributed by atoms with Crippen LogP contribution in [0, 0.1) is 23.7 Å². The fourth-order valence-corrected chi connectivity index (χ4v) is 6.88. The van der Waals surface area contributed by atoms with Gasteiger partial charge in [0.25, 0.3) is 0 Å². The van der Waals surface area contributed by atoms with E-state index < -0.39 is 84.6 Å². The van der Waals surface area contributed by atoms with Crippen molar-refractivity contribution in [1.29, 1.82) is 0 Å². The van der Waals surface area contributed by atoms with Gasteiger partial charge < -0.3 is 34.2 Å². The maximum absolute atomic E-state index is 13.8.